The molecular formula is C16H14FN7O4. The molecule has 1 fully saturated rings. The zero-order valence-corrected chi connectivity index (χ0v) is 14.3. The molecule has 3 atom stereocenters. The molecule has 1 unspecified atom stereocenters. The Balaban J connectivity index is 1.56. The predicted octanol–water partition coefficient (Wildman–Crippen LogP) is -0.213. The lowest BCUT2D eigenvalue weighted by Crippen LogP contribution is -2.43. The molecule has 0 bridgehead atoms. The highest BCUT2D eigenvalue weighted by Crippen LogP contribution is 2.36. The monoisotopic (exact) mass is 387 g/mol. The van der Waals surface area contributed by atoms with Crippen molar-refractivity contribution in [2.45, 2.75) is 18.0 Å². The summed E-state index contributed by atoms with van der Waals surface area (Å²) in [5.74, 6) is -2.30. The number of para-hydroxylation sites is 1. The first-order chi connectivity index (χ1) is 13.6. The van der Waals surface area contributed by atoms with E-state index in [4.69, 9.17) is 9.57 Å². The molecule has 1 saturated heterocycles. The Labute approximate surface area is 155 Å². The Morgan fingerprint density at radius 1 is 1.29 bits per heavy atom. The number of hydrogen-bond donors (Lipinski definition) is 2. The second-order valence-electron chi connectivity index (χ2n) is 6.30. The van der Waals surface area contributed by atoms with Crippen LogP contribution in [-0.2, 0) is 10.5 Å². The summed E-state index contributed by atoms with van der Waals surface area (Å²) in [5.41, 5.74) is 1.50. The summed E-state index contributed by atoms with van der Waals surface area (Å²) in [6.45, 7) is -0.971. The Morgan fingerprint density at radius 2 is 2.14 bits per heavy atom. The van der Waals surface area contributed by atoms with E-state index < -0.39 is 31.2 Å². The van der Waals surface area contributed by atoms with Crippen LogP contribution in [0.3, 0.4) is 0 Å². The van der Waals surface area contributed by atoms with Crippen LogP contribution in [0, 0.1) is 0 Å². The lowest BCUT2D eigenvalue weighted by molar-refractivity contribution is -0.0462. The molecule has 28 heavy (non-hydrogen) atoms. The molecule has 3 aromatic heterocycles. The van der Waals surface area contributed by atoms with Gasteiger partial charge in [0.2, 0.25) is 5.79 Å². The molecule has 0 radical (unpaired) electrons. The largest absolute Gasteiger partial charge is 0.394 e. The van der Waals surface area contributed by atoms with Gasteiger partial charge in [0.05, 0.1) is 6.61 Å². The summed E-state index contributed by atoms with van der Waals surface area (Å²) in [6, 6.07) is 7.17. The highest BCUT2D eigenvalue weighted by atomic mass is 19.1. The van der Waals surface area contributed by atoms with Crippen molar-refractivity contribution in [3.8, 4) is 5.88 Å². The number of aliphatic hydroxyl groups excluding tert-OH is 2. The average molecular weight is 387 g/mol. The van der Waals surface area contributed by atoms with E-state index in [2.05, 4.69) is 25.3 Å². The molecule has 1 aromatic carbocycles. The van der Waals surface area contributed by atoms with Crippen molar-refractivity contribution in [1.82, 2.24) is 34.7 Å². The van der Waals surface area contributed by atoms with Gasteiger partial charge in [-0.2, -0.15) is 4.98 Å². The lowest BCUT2D eigenvalue weighted by atomic mass is 10.1. The van der Waals surface area contributed by atoms with Crippen molar-refractivity contribution in [2.24, 2.45) is 0 Å². The number of fused-ring (bicyclic) bond motifs is 2. The summed E-state index contributed by atoms with van der Waals surface area (Å²) < 4.78 is 21.7. The molecule has 144 valence electrons. The topological polar surface area (TPSA) is 133 Å². The molecule has 0 spiro atoms. The van der Waals surface area contributed by atoms with Crippen LogP contribution in [-0.4, -0.2) is 70.3 Å². The van der Waals surface area contributed by atoms with Crippen molar-refractivity contribution in [2.75, 3.05) is 13.2 Å². The van der Waals surface area contributed by atoms with Gasteiger partial charge >= 0.3 is 0 Å². The number of alkyl halides is 1. The summed E-state index contributed by atoms with van der Waals surface area (Å²) >= 11 is 0. The second-order valence-corrected chi connectivity index (χ2v) is 6.30. The third-order valence-corrected chi connectivity index (χ3v) is 4.68. The summed E-state index contributed by atoms with van der Waals surface area (Å²) in [5, 5.41) is 27.3. The maximum atomic E-state index is 15.5. The van der Waals surface area contributed by atoms with Crippen LogP contribution in [0.5, 0.6) is 5.88 Å². The number of rotatable bonds is 4. The number of imidazole rings is 1. The van der Waals surface area contributed by atoms with E-state index in [0.29, 0.717) is 11.0 Å². The molecular weight excluding hydrogens is 373 g/mol. The van der Waals surface area contributed by atoms with Gasteiger partial charge in [-0.3, -0.25) is 4.57 Å². The normalized spacial score (nSPS) is 25.0. The highest BCUT2D eigenvalue weighted by molar-refractivity contribution is 5.77. The van der Waals surface area contributed by atoms with Crippen LogP contribution in [0.4, 0.5) is 4.39 Å². The molecule has 4 heterocycles. The lowest BCUT2D eigenvalue weighted by Gasteiger charge is -2.24. The van der Waals surface area contributed by atoms with Crippen LogP contribution < -0.4 is 4.84 Å². The zero-order chi connectivity index (χ0) is 19.3. The summed E-state index contributed by atoms with van der Waals surface area (Å²) in [7, 11) is 0. The van der Waals surface area contributed by atoms with Crippen molar-refractivity contribution < 1.29 is 24.2 Å². The van der Waals surface area contributed by atoms with Gasteiger partial charge in [-0.05, 0) is 17.3 Å². The van der Waals surface area contributed by atoms with Gasteiger partial charge in [0.25, 0.3) is 5.88 Å². The van der Waals surface area contributed by atoms with Gasteiger partial charge in [-0.25, -0.2) is 14.4 Å². The molecule has 0 amide bonds. The van der Waals surface area contributed by atoms with Gasteiger partial charge in [0.15, 0.2) is 11.2 Å². The smallest absolute Gasteiger partial charge is 0.280 e. The van der Waals surface area contributed by atoms with E-state index in [1.807, 2.05) is 12.1 Å². The molecule has 5 rings (SSSR count). The first-order valence-electron chi connectivity index (χ1n) is 8.38. The van der Waals surface area contributed by atoms with Crippen molar-refractivity contribution in [3.05, 3.63) is 36.9 Å². The number of halogens is 1. The number of nitrogens with zero attached hydrogens (tertiary/aromatic N) is 7. The van der Waals surface area contributed by atoms with Crippen LogP contribution >= 0.6 is 0 Å². The number of hydrogen-bond acceptors (Lipinski definition) is 9. The van der Waals surface area contributed by atoms with Crippen LogP contribution in [0.2, 0.25) is 0 Å². The SMILES string of the molecule is OCC1OC[C@](F)(n2cnc3c(On4nnc5ccccc54)ncnc32)[C@@H]1O. The van der Waals surface area contributed by atoms with E-state index in [0.717, 1.165) is 4.57 Å². The minimum Gasteiger partial charge on any atom is -0.394 e. The molecule has 0 saturated carbocycles. The predicted molar refractivity (Wildman–Crippen MR) is 90.8 cm³/mol. The first-order valence-corrected chi connectivity index (χ1v) is 8.38. The van der Waals surface area contributed by atoms with Gasteiger partial charge < -0.3 is 19.8 Å². The van der Waals surface area contributed by atoms with Gasteiger partial charge in [0.1, 0.15) is 42.5 Å². The maximum Gasteiger partial charge on any atom is 0.280 e. The molecule has 11 nitrogen and oxygen atoms in total. The highest BCUT2D eigenvalue weighted by Gasteiger charge is 2.52. The first kappa shape index (κ1) is 16.9. The van der Waals surface area contributed by atoms with Crippen molar-refractivity contribution in [1.29, 1.82) is 0 Å². The van der Waals surface area contributed by atoms with Gasteiger partial charge in [0, 0.05) is 0 Å². The molecule has 4 aromatic rings. The minimum atomic E-state index is -2.34. The van der Waals surface area contributed by atoms with Crippen molar-refractivity contribution in [3.63, 3.8) is 0 Å². The molecule has 1 aliphatic rings. The Hall–Kier alpha value is -3.22. The van der Waals surface area contributed by atoms with E-state index in [1.165, 1.54) is 17.5 Å². The number of aromatic nitrogens is 7. The molecule has 2 N–H and O–H groups in total. The average Bonchev–Trinajstić information content (AvgIpc) is 3.40. The quantitative estimate of drug-likeness (QED) is 0.488. The van der Waals surface area contributed by atoms with Crippen molar-refractivity contribution >= 4 is 22.2 Å². The van der Waals surface area contributed by atoms with Crippen LogP contribution in [0.15, 0.2) is 36.9 Å². The number of ether oxygens (including phenoxy) is 1. The van der Waals surface area contributed by atoms with Crippen LogP contribution in [0.1, 0.15) is 0 Å². The Bertz CT molecular complexity index is 1160. The molecule has 0 aliphatic carbocycles. The molecule has 12 heteroatoms. The van der Waals surface area contributed by atoms with E-state index >= 15 is 4.39 Å². The summed E-state index contributed by atoms with van der Waals surface area (Å²) in [6.07, 6.45) is -0.266. The Morgan fingerprint density at radius 3 is 2.96 bits per heavy atom. The van der Waals surface area contributed by atoms with Gasteiger partial charge in [-0.15, -0.1) is 5.10 Å². The minimum absolute atomic E-state index is 0.0371. The van der Waals surface area contributed by atoms with E-state index in [-0.39, 0.29) is 17.0 Å². The summed E-state index contributed by atoms with van der Waals surface area (Å²) in [4.78, 5) is 19.1. The third-order valence-electron chi connectivity index (χ3n) is 4.68. The zero-order valence-electron chi connectivity index (χ0n) is 14.3. The number of aliphatic hydroxyl groups is 2. The molecule has 1 aliphatic heterocycles. The fourth-order valence-electron chi connectivity index (χ4n) is 3.20. The Kier molecular flexibility index (Phi) is 3.72. The fourth-order valence-corrected chi connectivity index (χ4v) is 3.20. The third kappa shape index (κ3) is 2.35. The van der Waals surface area contributed by atoms with Crippen LogP contribution in [0.25, 0.3) is 22.2 Å². The van der Waals surface area contributed by atoms with E-state index in [9.17, 15) is 10.2 Å². The standard InChI is InChI=1S/C16H14FN7O4/c17-16(6-27-11(5-25)13(16)26)23-8-20-12-14(23)18-7-19-15(12)28-24-10-4-2-1-3-9(10)21-22-24/h1-4,7-8,11,13,25-26H,5-6H2/t11?,13-,16+/m1/s1. The van der Waals surface area contributed by atoms with E-state index in [1.54, 1.807) is 12.1 Å². The second kappa shape index (κ2) is 6.15. The number of benzene rings is 1. The maximum absolute atomic E-state index is 15.5. The fraction of sp³-hybridized carbons (Fsp3) is 0.312. The van der Waals surface area contributed by atoms with Gasteiger partial charge in [-0.1, -0.05) is 17.0 Å².